The summed E-state index contributed by atoms with van der Waals surface area (Å²) in [5.74, 6) is 0.963. The van der Waals surface area contributed by atoms with E-state index >= 15 is 0 Å². The minimum absolute atomic E-state index is 0.304. The lowest BCUT2D eigenvalue weighted by Crippen LogP contribution is -2.18. The predicted octanol–water partition coefficient (Wildman–Crippen LogP) is 4.70. The predicted molar refractivity (Wildman–Crippen MR) is 87.0 cm³/mol. The Morgan fingerprint density at radius 1 is 1.10 bits per heavy atom. The summed E-state index contributed by atoms with van der Waals surface area (Å²) in [6.07, 6.45) is 0. The van der Waals surface area contributed by atoms with E-state index in [2.05, 4.69) is 58.5 Å². The van der Waals surface area contributed by atoms with Gasteiger partial charge in [0.25, 0.3) is 0 Å². The third-order valence-corrected chi connectivity index (χ3v) is 3.77. The molecule has 0 saturated heterocycles. The van der Waals surface area contributed by atoms with Gasteiger partial charge in [-0.3, -0.25) is 0 Å². The number of ether oxygens (including phenoxy) is 1. The van der Waals surface area contributed by atoms with Crippen LogP contribution in [0.3, 0.4) is 0 Å². The Balaban J connectivity index is 1.99. The largest absolute Gasteiger partial charge is 0.494 e. The molecular formula is C17H20BrNO. The SMILES string of the molecule is CCOc1ccccc1CNC(C)c1ccc(Br)cc1. The van der Waals surface area contributed by atoms with Crippen LogP contribution in [-0.4, -0.2) is 6.61 Å². The van der Waals surface area contributed by atoms with E-state index in [1.54, 1.807) is 0 Å². The van der Waals surface area contributed by atoms with Crippen LogP contribution in [0.5, 0.6) is 5.75 Å². The maximum Gasteiger partial charge on any atom is 0.123 e. The second-order valence-corrected chi connectivity index (χ2v) is 5.61. The van der Waals surface area contributed by atoms with E-state index in [0.717, 1.165) is 16.8 Å². The first-order valence-electron chi connectivity index (χ1n) is 6.90. The highest BCUT2D eigenvalue weighted by atomic mass is 79.9. The Labute approximate surface area is 129 Å². The molecule has 0 amide bonds. The summed E-state index contributed by atoms with van der Waals surface area (Å²) in [7, 11) is 0. The van der Waals surface area contributed by atoms with E-state index in [1.165, 1.54) is 11.1 Å². The first-order chi connectivity index (χ1) is 9.70. The third-order valence-electron chi connectivity index (χ3n) is 3.24. The number of nitrogens with one attached hydrogen (secondary N) is 1. The van der Waals surface area contributed by atoms with Crippen molar-refractivity contribution in [3.8, 4) is 5.75 Å². The Hall–Kier alpha value is -1.32. The van der Waals surface area contributed by atoms with Gasteiger partial charge in [-0.15, -0.1) is 0 Å². The van der Waals surface area contributed by atoms with E-state index < -0.39 is 0 Å². The van der Waals surface area contributed by atoms with Crippen LogP contribution in [0.15, 0.2) is 53.0 Å². The lowest BCUT2D eigenvalue weighted by atomic mass is 10.1. The number of hydrogen-bond acceptors (Lipinski definition) is 2. The van der Waals surface area contributed by atoms with Gasteiger partial charge in [-0.05, 0) is 37.6 Å². The molecule has 2 nitrogen and oxygen atoms in total. The molecule has 0 bridgehead atoms. The van der Waals surface area contributed by atoms with Gasteiger partial charge in [0.05, 0.1) is 6.61 Å². The molecule has 0 aliphatic carbocycles. The summed E-state index contributed by atoms with van der Waals surface area (Å²) >= 11 is 3.46. The van der Waals surface area contributed by atoms with Crippen LogP contribution in [0.4, 0.5) is 0 Å². The van der Waals surface area contributed by atoms with Crippen LogP contribution in [0, 0.1) is 0 Å². The summed E-state index contributed by atoms with van der Waals surface area (Å²) in [6, 6.07) is 16.9. The fourth-order valence-corrected chi connectivity index (χ4v) is 2.34. The quantitative estimate of drug-likeness (QED) is 0.827. The smallest absolute Gasteiger partial charge is 0.123 e. The van der Waals surface area contributed by atoms with Crippen molar-refractivity contribution in [2.75, 3.05) is 6.61 Å². The molecule has 0 aliphatic rings. The van der Waals surface area contributed by atoms with Gasteiger partial charge in [0, 0.05) is 22.6 Å². The fourth-order valence-electron chi connectivity index (χ4n) is 2.08. The second-order valence-electron chi connectivity index (χ2n) is 4.69. The lowest BCUT2D eigenvalue weighted by Gasteiger charge is -2.16. The summed E-state index contributed by atoms with van der Waals surface area (Å²) in [6.45, 7) is 5.67. The number of benzene rings is 2. The van der Waals surface area contributed by atoms with Crippen molar-refractivity contribution in [3.05, 3.63) is 64.1 Å². The molecule has 2 aromatic rings. The number of rotatable bonds is 6. The number of para-hydroxylation sites is 1. The van der Waals surface area contributed by atoms with E-state index in [9.17, 15) is 0 Å². The molecule has 20 heavy (non-hydrogen) atoms. The molecule has 3 heteroatoms. The lowest BCUT2D eigenvalue weighted by molar-refractivity contribution is 0.335. The third kappa shape index (κ3) is 4.09. The molecule has 2 rings (SSSR count). The molecule has 0 heterocycles. The molecule has 0 saturated carbocycles. The van der Waals surface area contributed by atoms with Gasteiger partial charge in [0.2, 0.25) is 0 Å². The van der Waals surface area contributed by atoms with Crippen molar-refractivity contribution in [2.24, 2.45) is 0 Å². The zero-order valence-electron chi connectivity index (χ0n) is 11.9. The van der Waals surface area contributed by atoms with Crippen molar-refractivity contribution in [1.29, 1.82) is 0 Å². The van der Waals surface area contributed by atoms with Crippen molar-refractivity contribution in [1.82, 2.24) is 5.32 Å². The monoisotopic (exact) mass is 333 g/mol. The van der Waals surface area contributed by atoms with Crippen molar-refractivity contribution >= 4 is 15.9 Å². The van der Waals surface area contributed by atoms with Gasteiger partial charge in [0.1, 0.15) is 5.75 Å². The normalized spacial score (nSPS) is 12.2. The standard InChI is InChI=1S/C17H20BrNO/c1-3-20-17-7-5-4-6-15(17)12-19-13(2)14-8-10-16(18)11-9-14/h4-11,13,19H,3,12H2,1-2H3. The highest BCUT2D eigenvalue weighted by Crippen LogP contribution is 2.20. The molecule has 0 radical (unpaired) electrons. The maximum atomic E-state index is 5.64. The van der Waals surface area contributed by atoms with Crippen molar-refractivity contribution < 1.29 is 4.74 Å². The summed E-state index contributed by atoms with van der Waals surface area (Å²) in [5, 5.41) is 3.54. The number of hydrogen-bond donors (Lipinski definition) is 1. The Kier molecular flexibility index (Phi) is 5.62. The van der Waals surface area contributed by atoms with Crippen LogP contribution in [0.25, 0.3) is 0 Å². The van der Waals surface area contributed by atoms with Gasteiger partial charge < -0.3 is 10.1 Å². The molecular weight excluding hydrogens is 314 g/mol. The molecule has 1 N–H and O–H groups in total. The second kappa shape index (κ2) is 7.46. The topological polar surface area (TPSA) is 21.3 Å². The maximum absolute atomic E-state index is 5.64. The molecule has 0 aromatic heterocycles. The zero-order chi connectivity index (χ0) is 14.4. The molecule has 1 unspecified atom stereocenters. The zero-order valence-corrected chi connectivity index (χ0v) is 13.5. The van der Waals surface area contributed by atoms with Crippen molar-refractivity contribution in [2.45, 2.75) is 26.4 Å². The van der Waals surface area contributed by atoms with Crippen LogP contribution in [0.2, 0.25) is 0 Å². The van der Waals surface area contributed by atoms with Crippen LogP contribution in [0.1, 0.15) is 31.0 Å². The molecule has 1 atom stereocenters. The van der Waals surface area contributed by atoms with E-state index in [4.69, 9.17) is 4.74 Å². The highest BCUT2D eigenvalue weighted by Gasteiger charge is 2.07. The molecule has 2 aromatic carbocycles. The first kappa shape index (κ1) is 15.1. The summed E-state index contributed by atoms with van der Waals surface area (Å²) in [4.78, 5) is 0. The van der Waals surface area contributed by atoms with Crippen molar-refractivity contribution in [3.63, 3.8) is 0 Å². The van der Waals surface area contributed by atoms with Gasteiger partial charge >= 0.3 is 0 Å². The average molecular weight is 334 g/mol. The van der Waals surface area contributed by atoms with Crippen LogP contribution >= 0.6 is 15.9 Å². The van der Waals surface area contributed by atoms with E-state index in [-0.39, 0.29) is 0 Å². The van der Waals surface area contributed by atoms with Crippen LogP contribution < -0.4 is 10.1 Å². The van der Waals surface area contributed by atoms with E-state index in [1.807, 2.05) is 25.1 Å². The average Bonchev–Trinajstić information content (AvgIpc) is 2.47. The Morgan fingerprint density at radius 2 is 1.80 bits per heavy atom. The van der Waals surface area contributed by atoms with Gasteiger partial charge in [-0.1, -0.05) is 46.3 Å². The molecule has 0 aliphatic heterocycles. The minimum atomic E-state index is 0.304. The minimum Gasteiger partial charge on any atom is -0.494 e. The molecule has 0 fully saturated rings. The Bertz CT molecular complexity index is 539. The molecule has 106 valence electrons. The number of halogens is 1. The Morgan fingerprint density at radius 3 is 2.50 bits per heavy atom. The fraction of sp³-hybridized carbons (Fsp3) is 0.294. The van der Waals surface area contributed by atoms with Crippen LogP contribution in [-0.2, 0) is 6.54 Å². The van der Waals surface area contributed by atoms with E-state index in [0.29, 0.717) is 12.6 Å². The van der Waals surface area contributed by atoms with Gasteiger partial charge in [-0.2, -0.15) is 0 Å². The van der Waals surface area contributed by atoms with Gasteiger partial charge in [-0.25, -0.2) is 0 Å². The first-order valence-corrected chi connectivity index (χ1v) is 7.69. The summed E-state index contributed by atoms with van der Waals surface area (Å²) in [5.41, 5.74) is 2.47. The summed E-state index contributed by atoms with van der Waals surface area (Å²) < 4.78 is 6.75. The molecule has 0 spiro atoms. The highest BCUT2D eigenvalue weighted by molar-refractivity contribution is 9.10. The van der Waals surface area contributed by atoms with Gasteiger partial charge in [0.15, 0.2) is 0 Å².